The second-order valence-corrected chi connectivity index (χ2v) is 4.19. The highest BCUT2D eigenvalue weighted by molar-refractivity contribution is 5.75. The third-order valence-corrected chi connectivity index (χ3v) is 2.84. The van der Waals surface area contributed by atoms with E-state index in [2.05, 4.69) is 5.32 Å². The summed E-state index contributed by atoms with van der Waals surface area (Å²) < 4.78 is 10.4. The number of hydrogen-bond donors (Lipinski definition) is 2. The topological polar surface area (TPSA) is 67.8 Å². The van der Waals surface area contributed by atoms with Crippen LogP contribution in [-0.2, 0) is 11.2 Å². The first-order valence-corrected chi connectivity index (χ1v) is 6.25. The molecule has 0 fully saturated rings. The Balaban J connectivity index is 2.77. The Morgan fingerprint density at radius 3 is 2.53 bits per heavy atom. The van der Waals surface area contributed by atoms with E-state index < -0.39 is 0 Å². The molecule has 0 aromatic heterocycles. The van der Waals surface area contributed by atoms with Gasteiger partial charge >= 0.3 is 0 Å². The van der Waals surface area contributed by atoms with Crippen molar-refractivity contribution >= 4 is 5.91 Å². The number of aliphatic hydroxyl groups excluding tert-OH is 1. The zero-order valence-electron chi connectivity index (χ0n) is 11.6. The molecule has 0 spiro atoms. The highest BCUT2D eigenvalue weighted by atomic mass is 16.5. The van der Waals surface area contributed by atoms with Crippen molar-refractivity contribution in [2.24, 2.45) is 0 Å². The van der Waals surface area contributed by atoms with Crippen LogP contribution >= 0.6 is 0 Å². The second-order valence-electron chi connectivity index (χ2n) is 4.19. The van der Waals surface area contributed by atoms with Crippen molar-refractivity contribution in [3.05, 3.63) is 23.8 Å². The predicted molar refractivity (Wildman–Crippen MR) is 72.6 cm³/mol. The molecule has 0 aliphatic heterocycles. The van der Waals surface area contributed by atoms with E-state index in [1.807, 2.05) is 18.2 Å². The van der Waals surface area contributed by atoms with Crippen molar-refractivity contribution in [2.45, 2.75) is 25.8 Å². The minimum absolute atomic E-state index is 0.0699. The van der Waals surface area contributed by atoms with E-state index in [9.17, 15) is 9.90 Å². The van der Waals surface area contributed by atoms with Crippen LogP contribution in [0.4, 0.5) is 0 Å². The number of nitrogens with one attached hydrogen (secondary N) is 1. The molecule has 0 radical (unpaired) electrons. The van der Waals surface area contributed by atoms with Crippen molar-refractivity contribution in [3.8, 4) is 11.5 Å². The van der Waals surface area contributed by atoms with Gasteiger partial charge in [0.15, 0.2) is 11.5 Å². The van der Waals surface area contributed by atoms with Crippen LogP contribution in [0.2, 0.25) is 0 Å². The Morgan fingerprint density at radius 2 is 2.00 bits per heavy atom. The largest absolute Gasteiger partial charge is 0.493 e. The number of hydrogen-bond acceptors (Lipinski definition) is 4. The van der Waals surface area contributed by atoms with E-state index in [4.69, 9.17) is 9.47 Å². The molecule has 0 unspecified atom stereocenters. The Hall–Kier alpha value is -1.75. The van der Waals surface area contributed by atoms with Crippen LogP contribution in [0.25, 0.3) is 0 Å². The lowest BCUT2D eigenvalue weighted by molar-refractivity contribution is -0.121. The summed E-state index contributed by atoms with van der Waals surface area (Å²) >= 11 is 0. The van der Waals surface area contributed by atoms with Crippen LogP contribution in [0, 0.1) is 0 Å². The molecule has 2 N–H and O–H groups in total. The first-order valence-electron chi connectivity index (χ1n) is 6.25. The molecule has 19 heavy (non-hydrogen) atoms. The van der Waals surface area contributed by atoms with Gasteiger partial charge in [-0.25, -0.2) is 0 Å². The molecule has 0 saturated heterocycles. The Bertz CT molecular complexity index is 420. The zero-order valence-corrected chi connectivity index (χ0v) is 11.6. The standard InChI is InChI=1S/C14H21NO4/c1-4-14(17)15-11(9-16)7-10-5-6-12(18-2)13(8-10)19-3/h5-6,8,11,16H,4,7,9H2,1-3H3,(H,15,17)/t11-/m1/s1. The SMILES string of the molecule is CCC(=O)N[C@@H](CO)Cc1ccc(OC)c(OC)c1. The minimum atomic E-state index is -0.287. The predicted octanol–water partition coefficient (Wildman–Crippen LogP) is 1.13. The first kappa shape index (κ1) is 15.3. The molecule has 0 aliphatic carbocycles. The highest BCUT2D eigenvalue weighted by Gasteiger charge is 2.12. The van der Waals surface area contributed by atoms with Crippen LogP contribution < -0.4 is 14.8 Å². The van der Waals surface area contributed by atoms with Gasteiger partial charge in [0.2, 0.25) is 5.91 Å². The van der Waals surface area contributed by atoms with Crippen LogP contribution in [0.15, 0.2) is 18.2 Å². The van der Waals surface area contributed by atoms with Crippen molar-refractivity contribution in [1.82, 2.24) is 5.32 Å². The molecular formula is C14H21NO4. The quantitative estimate of drug-likeness (QED) is 0.777. The molecule has 1 amide bonds. The highest BCUT2D eigenvalue weighted by Crippen LogP contribution is 2.27. The smallest absolute Gasteiger partial charge is 0.220 e. The third kappa shape index (κ3) is 4.44. The maximum Gasteiger partial charge on any atom is 0.220 e. The maximum atomic E-state index is 11.3. The van der Waals surface area contributed by atoms with Gasteiger partial charge in [-0.2, -0.15) is 0 Å². The van der Waals surface area contributed by atoms with E-state index in [1.165, 1.54) is 0 Å². The van der Waals surface area contributed by atoms with Gasteiger partial charge in [-0.3, -0.25) is 4.79 Å². The van der Waals surface area contributed by atoms with Crippen LogP contribution in [0.3, 0.4) is 0 Å². The Labute approximate surface area is 113 Å². The fourth-order valence-corrected chi connectivity index (χ4v) is 1.78. The van der Waals surface area contributed by atoms with Gasteiger partial charge in [0, 0.05) is 6.42 Å². The molecule has 106 valence electrons. The molecule has 1 aromatic rings. The van der Waals surface area contributed by atoms with Crippen LogP contribution in [0.1, 0.15) is 18.9 Å². The molecule has 0 saturated carbocycles. The summed E-state index contributed by atoms with van der Waals surface area (Å²) in [5.41, 5.74) is 0.966. The van der Waals surface area contributed by atoms with E-state index in [-0.39, 0.29) is 18.6 Å². The number of rotatable bonds is 7. The van der Waals surface area contributed by atoms with Gasteiger partial charge in [0.25, 0.3) is 0 Å². The molecule has 0 heterocycles. The van der Waals surface area contributed by atoms with Crippen molar-refractivity contribution < 1.29 is 19.4 Å². The monoisotopic (exact) mass is 267 g/mol. The van der Waals surface area contributed by atoms with Crippen molar-refractivity contribution in [2.75, 3.05) is 20.8 Å². The fourth-order valence-electron chi connectivity index (χ4n) is 1.78. The molecule has 1 aromatic carbocycles. The summed E-state index contributed by atoms with van der Waals surface area (Å²) in [6, 6.07) is 5.26. The van der Waals surface area contributed by atoms with Crippen LogP contribution in [-0.4, -0.2) is 37.9 Å². The number of aliphatic hydroxyl groups is 1. The average molecular weight is 267 g/mol. The second kappa shape index (κ2) is 7.63. The summed E-state index contributed by atoms with van der Waals surface area (Å²) in [5.74, 6) is 1.22. The number of amides is 1. The molecular weight excluding hydrogens is 246 g/mol. The summed E-state index contributed by atoms with van der Waals surface area (Å²) in [7, 11) is 3.15. The summed E-state index contributed by atoms with van der Waals surface area (Å²) in [6.07, 6.45) is 0.949. The molecule has 1 atom stereocenters. The molecule has 5 heteroatoms. The van der Waals surface area contributed by atoms with Gasteiger partial charge in [0.1, 0.15) is 0 Å². The van der Waals surface area contributed by atoms with Gasteiger partial charge in [0.05, 0.1) is 26.9 Å². The maximum absolute atomic E-state index is 11.3. The number of benzene rings is 1. The third-order valence-electron chi connectivity index (χ3n) is 2.84. The van der Waals surface area contributed by atoms with E-state index >= 15 is 0 Å². The molecule has 0 bridgehead atoms. The zero-order chi connectivity index (χ0) is 14.3. The summed E-state index contributed by atoms with van der Waals surface area (Å²) in [5, 5.41) is 12.1. The van der Waals surface area contributed by atoms with E-state index in [1.54, 1.807) is 21.1 Å². The van der Waals surface area contributed by atoms with Gasteiger partial charge in [-0.1, -0.05) is 13.0 Å². The minimum Gasteiger partial charge on any atom is -0.493 e. The lowest BCUT2D eigenvalue weighted by atomic mass is 10.1. The fraction of sp³-hybridized carbons (Fsp3) is 0.500. The number of ether oxygens (including phenoxy) is 2. The molecule has 1 rings (SSSR count). The summed E-state index contributed by atoms with van der Waals surface area (Å²) in [6.45, 7) is 1.68. The van der Waals surface area contributed by atoms with Gasteiger partial charge in [-0.15, -0.1) is 0 Å². The van der Waals surface area contributed by atoms with Gasteiger partial charge < -0.3 is 19.9 Å². The van der Waals surface area contributed by atoms with E-state index in [0.717, 1.165) is 5.56 Å². The lowest BCUT2D eigenvalue weighted by Gasteiger charge is -2.17. The normalized spacial score (nSPS) is 11.8. The molecule has 5 nitrogen and oxygen atoms in total. The van der Waals surface area contributed by atoms with Crippen LogP contribution in [0.5, 0.6) is 11.5 Å². The number of methoxy groups -OCH3 is 2. The first-order chi connectivity index (χ1) is 9.14. The van der Waals surface area contributed by atoms with Gasteiger partial charge in [-0.05, 0) is 24.1 Å². The molecule has 0 aliphatic rings. The Kier molecular flexibility index (Phi) is 6.15. The van der Waals surface area contributed by atoms with E-state index in [0.29, 0.717) is 24.3 Å². The number of carbonyl (C=O) groups is 1. The average Bonchev–Trinajstić information content (AvgIpc) is 2.45. The van der Waals surface area contributed by atoms with Crippen molar-refractivity contribution in [3.63, 3.8) is 0 Å². The lowest BCUT2D eigenvalue weighted by Crippen LogP contribution is -2.38. The van der Waals surface area contributed by atoms with Crippen molar-refractivity contribution in [1.29, 1.82) is 0 Å². The number of carbonyl (C=O) groups excluding carboxylic acids is 1. The Morgan fingerprint density at radius 1 is 1.32 bits per heavy atom. The summed E-state index contributed by atoms with van der Waals surface area (Å²) in [4.78, 5) is 11.3.